The van der Waals surface area contributed by atoms with Crippen LogP contribution < -0.4 is 9.47 Å². The molecule has 1 aliphatic carbocycles. The smallest absolute Gasteiger partial charge is 0.335 e. The van der Waals surface area contributed by atoms with Gasteiger partial charge in [-0.25, -0.2) is 13.2 Å². The summed E-state index contributed by atoms with van der Waals surface area (Å²) in [5, 5.41) is 20.4. The first kappa shape index (κ1) is 33.2. The van der Waals surface area contributed by atoms with Crippen molar-refractivity contribution < 1.29 is 32.9 Å². The van der Waals surface area contributed by atoms with Crippen molar-refractivity contribution in [1.29, 1.82) is 0 Å². The van der Waals surface area contributed by atoms with E-state index >= 15 is 0 Å². The standard InChI is InChI=1S/C37H41NO7S/c1-46(42,43)36-22-34(20-21-35(36)45-25-28-10-6-3-7-11-28)44-26-33(39)24-38(23-27-8-4-2-5-9-27)32-18-16-30(17-19-32)29-12-14-31(15-13-29)37(40)41/h2-15,20-22,30,32-33,39H,16-19,23-26H2,1H3,(H,40,41)/t30-,32-,33-/m0/s1. The minimum Gasteiger partial charge on any atom is -0.491 e. The van der Waals surface area contributed by atoms with Crippen LogP contribution in [0.4, 0.5) is 0 Å². The Morgan fingerprint density at radius 1 is 0.848 bits per heavy atom. The Bertz CT molecular complexity index is 1670. The third-order valence-corrected chi connectivity index (χ3v) is 9.63. The van der Waals surface area contributed by atoms with Crippen LogP contribution in [0, 0.1) is 0 Å². The molecule has 4 aromatic rings. The van der Waals surface area contributed by atoms with E-state index < -0.39 is 21.9 Å². The molecule has 0 heterocycles. The maximum Gasteiger partial charge on any atom is 0.335 e. The predicted octanol–water partition coefficient (Wildman–Crippen LogP) is 6.34. The molecule has 0 amide bonds. The number of benzene rings is 4. The van der Waals surface area contributed by atoms with Gasteiger partial charge in [0.25, 0.3) is 0 Å². The molecule has 0 saturated heterocycles. The Balaban J connectivity index is 1.21. The average Bonchev–Trinajstić information content (AvgIpc) is 3.07. The van der Waals surface area contributed by atoms with E-state index in [2.05, 4.69) is 17.0 Å². The largest absolute Gasteiger partial charge is 0.491 e. The van der Waals surface area contributed by atoms with Crippen molar-refractivity contribution >= 4 is 15.8 Å². The molecule has 1 aliphatic rings. The highest BCUT2D eigenvalue weighted by Gasteiger charge is 2.28. The Labute approximate surface area is 271 Å². The molecule has 1 fully saturated rings. The zero-order valence-electron chi connectivity index (χ0n) is 26.0. The SMILES string of the molecule is CS(=O)(=O)c1cc(OC[C@@H](O)CN(Cc2ccccc2)[C@H]2CC[C@H](c3ccc(C(=O)O)cc3)CC2)ccc1OCc1ccccc1. The van der Waals surface area contributed by atoms with Gasteiger partial charge in [0.2, 0.25) is 0 Å². The molecule has 242 valence electrons. The van der Waals surface area contributed by atoms with Crippen molar-refractivity contribution in [1.82, 2.24) is 4.90 Å². The third kappa shape index (κ3) is 9.19. The van der Waals surface area contributed by atoms with E-state index in [4.69, 9.17) is 9.47 Å². The lowest BCUT2D eigenvalue weighted by Gasteiger charge is -2.38. The van der Waals surface area contributed by atoms with E-state index in [0.717, 1.165) is 48.6 Å². The number of carboxylic acids is 1. The first-order valence-electron chi connectivity index (χ1n) is 15.6. The van der Waals surface area contributed by atoms with Gasteiger partial charge in [-0.05, 0) is 72.6 Å². The molecule has 0 bridgehead atoms. The van der Waals surface area contributed by atoms with Crippen molar-refractivity contribution in [2.24, 2.45) is 0 Å². The number of rotatable bonds is 14. The maximum absolute atomic E-state index is 12.6. The van der Waals surface area contributed by atoms with Crippen LogP contribution in [-0.4, -0.2) is 61.1 Å². The lowest BCUT2D eigenvalue weighted by Crippen LogP contribution is -2.43. The second-order valence-corrected chi connectivity index (χ2v) is 14.0. The molecule has 0 spiro atoms. The number of aliphatic hydroxyl groups excluding tert-OH is 1. The Morgan fingerprint density at radius 2 is 1.48 bits per heavy atom. The number of hydrogen-bond acceptors (Lipinski definition) is 7. The fraction of sp³-hybridized carbons (Fsp3) is 0.324. The fourth-order valence-corrected chi connectivity index (χ4v) is 6.89. The maximum atomic E-state index is 12.6. The van der Waals surface area contributed by atoms with E-state index in [9.17, 15) is 23.4 Å². The van der Waals surface area contributed by atoms with E-state index in [1.165, 1.54) is 6.07 Å². The first-order valence-corrected chi connectivity index (χ1v) is 17.5. The number of carboxylic acid groups (broad SMARTS) is 1. The predicted molar refractivity (Wildman–Crippen MR) is 177 cm³/mol. The molecule has 4 aromatic carbocycles. The molecular formula is C37H41NO7S. The molecule has 0 aromatic heterocycles. The summed E-state index contributed by atoms with van der Waals surface area (Å²) in [7, 11) is -3.60. The van der Waals surface area contributed by atoms with Crippen LogP contribution in [0.1, 0.15) is 58.6 Å². The number of sulfone groups is 1. The third-order valence-electron chi connectivity index (χ3n) is 8.51. The minimum atomic E-state index is -3.60. The number of aliphatic hydroxyl groups is 1. The van der Waals surface area contributed by atoms with Crippen molar-refractivity contribution in [3.05, 3.63) is 125 Å². The quantitative estimate of drug-likeness (QED) is 0.164. The lowest BCUT2D eigenvalue weighted by molar-refractivity contribution is 0.0383. The van der Waals surface area contributed by atoms with Crippen LogP contribution in [0.15, 0.2) is 108 Å². The minimum absolute atomic E-state index is 0.00395. The number of aromatic carboxylic acids is 1. The summed E-state index contributed by atoms with van der Waals surface area (Å²) in [6, 6.07) is 31.9. The summed E-state index contributed by atoms with van der Waals surface area (Å²) in [4.78, 5) is 13.6. The molecule has 0 radical (unpaired) electrons. The van der Waals surface area contributed by atoms with Crippen molar-refractivity contribution in [3.63, 3.8) is 0 Å². The Hall–Kier alpha value is -4.18. The highest BCUT2D eigenvalue weighted by Crippen LogP contribution is 2.36. The van der Waals surface area contributed by atoms with Gasteiger partial charge in [-0.3, -0.25) is 4.90 Å². The summed E-state index contributed by atoms with van der Waals surface area (Å²) in [5.74, 6) is 0.0435. The van der Waals surface area contributed by atoms with Crippen LogP contribution in [0.3, 0.4) is 0 Å². The van der Waals surface area contributed by atoms with Crippen molar-refractivity contribution in [3.8, 4) is 11.5 Å². The van der Waals surface area contributed by atoms with Gasteiger partial charge in [0.1, 0.15) is 35.7 Å². The van der Waals surface area contributed by atoms with Crippen LogP contribution in [-0.2, 0) is 23.0 Å². The fourth-order valence-electron chi connectivity index (χ4n) is 6.07. The molecule has 46 heavy (non-hydrogen) atoms. The van der Waals surface area contributed by atoms with Gasteiger partial charge in [-0.1, -0.05) is 72.8 Å². The highest BCUT2D eigenvalue weighted by atomic mass is 32.2. The summed E-state index contributed by atoms with van der Waals surface area (Å²) in [6.07, 6.45) is 4.18. The number of ether oxygens (including phenoxy) is 2. The zero-order chi connectivity index (χ0) is 32.5. The molecule has 8 nitrogen and oxygen atoms in total. The molecule has 1 saturated carbocycles. The normalized spacial score (nSPS) is 17.4. The molecule has 1 atom stereocenters. The average molecular weight is 644 g/mol. The van der Waals surface area contributed by atoms with E-state index in [1.807, 2.05) is 60.7 Å². The second-order valence-electron chi connectivity index (χ2n) is 12.0. The molecule has 5 rings (SSSR count). The Kier molecular flexibility index (Phi) is 11.1. The van der Waals surface area contributed by atoms with E-state index in [-0.39, 0.29) is 29.9 Å². The monoisotopic (exact) mass is 643 g/mol. The first-order chi connectivity index (χ1) is 22.2. The zero-order valence-corrected chi connectivity index (χ0v) is 26.8. The van der Waals surface area contributed by atoms with Gasteiger partial charge in [-0.2, -0.15) is 0 Å². The highest BCUT2D eigenvalue weighted by molar-refractivity contribution is 7.90. The molecule has 9 heteroatoms. The number of carbonyl (C=O) groups is 1. The van der Waals surface area contributed by atoms with Crippen LogP contribution in [0.25, 0.3) is 0 Å². The van der Waals surface area contributed by atoms with Gasteiger partial charge in [0.15, 0.2) is 9.84 Å². The lowest BCUT2D eigenvalue weighted by atomic mass is 9.81. The number of nitrogens with zero attached hydrogens (tertiary/aromatic N) is 1. The summed E-state index contributed by atoms with van der Waals surface area (Å²) in [5.41, 5.74) is 3.54. The molecule has 2 N–H and O–H groups in total. The van der Waals surface area contributed by atoms with Crippen LogP contribution in [0.2, 0.25) is 0 Å². The van der Waals surface area contributed by atoms with Crippen LogP contribution in [0.5, 0.6) is 11.5 Å². The van der Waals surface area contributed by atoms with Crippen molar-refractivity contribution in [2.75, 3.05) is 19.4 Å². The van der Waals surface area contributed by atoms with Gasteiger partial charge in [-0.15, -0.1) is 0 Å². The molecule has 0 unspecified atom stereocenters. The van der Waals surface area contributed by atoms with E-state index in [0.29, 0.717) is 30.3 Å². The second kappa shape index (κ2) is 15.4. The topological polar surface area (TPSA) is 113 Å². The van der Waals surface area contributed by atoms with Gasteiger partial charge >= 0.3 is 5.97 Å². The van der Waals surface area contributed by atoms with Crippen LogP contribution >= 0.6 is 0 Å². The number of hydrogen-bond donors (Lipinski definition) is 2. The summed E-state index contributed by atoms with van der Waals surface area (Å²) in [6.45, 7) is 1.32. The molecular weight excluding hydrogens is 602 g/mol. The Morgan fingerprint density at radius 3 is 2.09 bits per heavy atom. The van der Waals surface area contributed by atoms with Gasteiger partial charge in [0.05, 0.1) is 5.56 Å². The molecule has 0 aliphatic heterocycles. The van der Waals surface area contributed by atoms with Gasteiger partial charge in [0, 0.05) is 31.5 Å². The van der Waals surface area contributed by atoms with Gasteiger partial charge < -0.3 is 19.7 Å². The van der Waals surface area contributed by atoms with Crippen molar-refractivity contribution in [2.45, 2.75) is 61.8 Å². The summed E-state index contributed by atoms with van der Waals surface area (Å²) >= 11 is 0. The van der Waals surface area contributed by atoms with E-state index in [1.54, 1.807) is 24.3 Å². The summed E-state index contributed by atoms with van der Waals surface area (Å²) < 4.78 is 36.9.